The summed E-state index contributed by atoms with van der Waals surface area (Å²) in [5.74, 6) is -2.29. The Labute approximate surface area is 237 Å². The molecule has 4 aromatic rings. The quantitative estimate of drug-likeness (QED) is 0.296. The van der Waals surface area contributed by atoms with Crippen molar-refractivity contribution in [2.75, 3.05) is 33.4 Å². The lowest BCUT2D eigenvalue weighted by Gasteiger charge is -2.32. The number of piperidine rings is 1. The highest BCUT2D eigenvalue weighted by Crippen LogP contribution is 2.39. The van der Waals surface area contributed by atoms with Crippen LogP contribution in [0.15, 0.2) is 53.6 Å². The molecule has 0 unspecified atom stereocenters. The van der Waals surface area contributed by atoms with Gasteiger partial charge >= 0.3 is 12.1 Å². The number of thiophene rings is 1. The van der Waals surface area contributed by atoms with Crippen LogP contribution < -0.4 is 15.6 Å². The molecule has 0 radical (unpaired) electrons. The number of ether oxygens (including phenoxy) is 2. The first-order valence-electron chi connectivity index (χ1n) is 13.2. The number of amides is 1. The predicted octanol–water partition coefficient (Wildman–Crippen LogP) is 4.03. The number of methoxy groups -OCH3 is 1. The van der Waals surface area contributed by atoms with Gasteiger partial charge in [-0.15, -0.1) is 11.3 Å². The van der Waals surface area contributed by atoms with E-state index in [9.17, 15) is 27.6 Å². The molecule has 41 heavy (non-hydrogen) atoms. The highest BCUT2D eigenvalue weighted by atomic mass is 32.1. The molecule has 0 bridgehead atoms. The molecule has 0 saturated carbocycles. The Morgan fingerprint density at radius 2 is 1.76 bits per heavy atom. The summed E-state index contributed by atoms with van der Waals surface area (Å²) in [6, 6.07) is 11.3. The summed E-state index contributed by atoms with van der Waals surface area (Å²) in [4.78, 5) is 40.3. The summed E-state index contributed by atoms with van der Waals surface area (Å²) in [6.07, 6.45) is 0.00868. The van der Waals surface area contributed by atoms with Gasteiger partial charge < -0.3 is 23.9 Å². The second-order valence-corrected chi connectivity index (χ2v) is 10.8. The van der Waals surface area contributed by atoms with E-state index in [1.165, 1.54) is 18.4 Å². The largest absolute Gasteiger partial charge is 0.494 e. The summed E-state index contributed by atoms with van der Waals surface area (Å²) < 4.78 is 51.2. The molecule has 1 aromatic carbocycles. The fraction of sp³-hybridized carbons (Fsp3) is 0.393. The lowest BCUT2D eigenvalue weighted by atomic mass is 10.0. The molecule has 1 aliphatic heterocycles. The molecule has 0 atom stereocenters. The monoisotopic (exact) mass is 590 g/mol. The number of rotatable bonds is 9. The normalized spacial score (nSPS) is 14.9. The van der Waals surface area contributed by atoms with E-state index < -0.39 is 12.1 Å². The van der Waals surface area contributed by atoms with Gasteiger partial charge in [-0.2, -0.15) is 13.2 Å². The van der Waals surface area contributed by atoms with Crippen molar-refractivity contribution in [2.24, 2.45) is 0 Å². The number of benzene rings is 1. The van der Waals surface area contributed by atoms with Crippen LogP contribution in [0.25, 0.3) is 21.0 Å². The maximum Gasteiger partial charge on any atom is 0.490 e. The van der Waals surface area contributed by atoms with Crippen LogP contribution in [0.2, 0.25) is 0 Å². The number of esters is 1. The molecule has 9 nitrogen and oxygen atoms in total. The smallest absolute Gasteiger partial charge is 0.490 e. The third-order valence-electron chi connectivity index (χ3n) is 7.22. The second-order valence-electron chi connectivity index (χ2n) is 9.79. The van der Waals surface area contributed by atoms with Crippen molar-refractivity contribution in [3.63, 3.8) is 0 Å². The van der Waals surface area contributed by atoms with Crippen LogP contribution in [-0.2, 0) is 22.6 Å². The first-order valence-corrected chi connectivity index (χ1v) is 14.0. The molecule has 1 amide bonds. The van der Waals surface area contributed by atoms with Crippen LogP contribution in [-0.4, -0.2) is 71.5 Å². The van der Waals surface area contributed by atoms with Gasteiger partial charge in [-0.25, -0.2) is 4.79 Å². The number of hydrogen-bond acceptors (Lipinski definition) is 7. The summed E-state index contributed by atoms with van der Waals surface area (Å²) in [7, 11) is 1.45. The van der Waals surface area contributed by atoms with Gasteiger partial charge in [0.15, 0.2) is 5.75 Å². The van der Waals surface area contributed by atoms with E-state index in [4.69, 9.17) is 4.74 Å². The number of carbonyl (C=O) groups is 2. The summed E-state index contributed by atoms with van der Waals surface area (Å²) in [5.41, 5.74) is 0.554. The molecule has 13 heteroatoms. The average molecular weight is 591 g/mol. The van der Waals surface area contributed by atoms with E-state index in [0.717, 1.165) is 10.9 Å². The Kier molecular flexibility index (Phi) is 8.36. The number of hydrogen-bond donors (Lipinski definition) is 1. The summed E-state index contributed by atoms with van der Waals surface area (Å²) >= 11 is 1.22. The second kappa shape index (κ2) is 12.0. The zero-order chi connectivity index (χ0) is 29.1. The summed E-state index contributed by atoms with van der Waals surface area (Å²) in [5, 5.41) is 4.26. The van der Waals surface area contributed by atoms with Gasteiger partial charge in [-0.3, -0.25) is 14.5 Å². The number of para-hydroxylation sites is 1. The lowest BCUT2D eigenvalue weighted by molar-refractivity contribution is -0.200. The van der Waals surface area contributed by atoms with Crippen LogP contribution in [0, 0.1) is 0 Å². The number of nitrogens with zero attached hydrogens (tertiary/aromatic N) is 3. The SMILES string of the molecule is COc1c(C(=O)NC2CCN(CCOC(=O)C(F)(F)F)CC2)sc2c1c(=O)n(CCn1cccc1)c1ccccc21. The molecule has 1 fully saturated rings. The van der Waals surface area contributed by atoms with E-state index in [-0.39, 0.29) is 36.4 Å². The predicted molar refractivity (Wildman–Crippen MR) is 149 cm³/mol. The van der Waals surface area contributed by atoms with Gasteiger partial charge in [0, 0.05) is 56.5 Å². The topological polar surface area (TPSA) is 94.8 Å². The molecule has 218 valence electrons. The van der Waals surface area contributed by atoms with Gasteiger partial charge in [0.1, 0.15) is 16.9 Å². The van der Waals surface area contributed by atoms with Crippen LogP contribution in [0.3, 0.4) is 0 Å². The first-order chi connectivity index (χ1) is 19.7. The summed E-state index contributed by atoms with van der Waals surface area (Å²) in [6.45, 7) is 1.91. The molecule has 4 heterocycles. The Bertz CT molecular complexity index is 1600. The van der Waals surface area contributed by atoms with E-state index in [2.05, 4.69) is 10.1 Å². The van der Waals surface area contributed by atoms with E-state index >= 15 is 0 Å². The van der Waals surface area contributed by atoms with E-state index in [1.54, 1.807) is 4.57 Å². The van der Waals surface area contributed by atoms with Gasteiger partial charge in [-0.05, 0) is 31.0 Å². The van der Waals surface area contributed by atoms with Crippen molar-refractivity contribution in [2.45, 2.75) is 38.1 Å². The van der Waals surface area contributed by atoms with Gasteiger partial charge in [0.25, 0.3) is 11.5 Å². The lowest BCUT2D eigenvalue weighted by Crippen LogP contribution is -2.45. The molecule has 0 aliphatic carbocycles. The van der Waals surface area contributed by atoms with Crippen molar-refractivity contribution >= 4 is 44.2 Å². The Morgan fingerprint density at radius 1 is 1.05 bits per heavy atom. The minimum atomic E-state index is -5.01. The maximum absolute atomic E-state index is 13.8. The molecule has 1 saturated heterocycles. The van der Waals surface area contributed by atoms with Gasteiger partial charge in [0.05, 0.1) is 17.3 Å². The molecule has 5 rings (SSSR count). The minimum absolute atomic E-state index is 0.165. The van der Waals surface area contributed by atoms with E-state index in [0.29, 0.717) is 54.0 Å². The van der Waals surface area contributed by atoms with Crippen LogP contribution in [0.4, 0.5) is 13.2 Å². The molecular weight excluding hydrogens is 561 g/mol. The maximum atomic E-state index is 13.8. The Morgan fingerprint density at radius 3 is 2.44 bits per heavy atom. The molecule has 3 aromatic heterocycles. The fourth-order valence-electron chi connectivity index (χ4n) is 5.15. The highest BCUT2D eigenvalue weighted by Gasteiger charge is 2.41. The fourth-order valence-corrected chi connectivity index (χ4v) is 6.35. The number of pyridine rings is 1. The van der Waals surface area contributed by atoms with Crippen molar-refractivity contribution < 1.29 is 32.2 Å². The average Bonchev–Trinajstić information content (AvgIpc) is 3.62. The number of halogens is 3. The molecule has 0 spiro atoms. The van der Waals surface area contributed by atoms with Gasteiger partial charge in [-0.1, -0.05) is 18.2 Å². The third kappa shape index (κ3) is 6.10. The molecular formula is C28H29F3N4O5S. The first kappa shape index (κ1) is 28.7. The highest BCUT2D eigenvalue weighted by molar-refractivity contribution is 7.22. The number of aryl methyl sites for hydroxylation is 2. The minimum Gasteiger partial charge on any atom is -0.494 e. The molecule has 1 N–H and O–H groups in total. The Hall–Kier alpha value is -3.84. The van der Waals surface area contributed by atoms with Crippen LogP contribution >= 0.6 is 11.3 Å². The van der Waals surface area contributed by atoms with Crippen molar-refractivity contribution in [1.29, 1.82) is 0 Å². The van der Waals surface area contributed by atoms with Crippen LogP contribution in [0.5, 0.6) is 5.75 Å². The van der Waals surface area contributed by atoms with Crippen molar-refractivity contribution in [3.05, 3.63) is 64.0 Å². The Balaban J connectivity index is 1.31. The number of fused-ring (bicyclic) bond motifs is 3. The number of aromatic nitrogens is 2. The zero-order valence-electron chi connectivity index (χ0n) is 22.3. The number of alkyl halides is 3. The zero-order valence-corrected chi connectivity index (χ0v) is 23.1. The number of nitrogens with one attached hydrogen (secondary N) is 1. The van der Waals surface area contributed by atoms with Crippen molar-refractivity contribution in [3.8, 4) is 5.75 Å². The number of carbonyl (C=O) groups excluding carboxylic acids is 2. The standard InChI is InChI=1S/C28H29F3N4O5S/c1-39-22-21-23(19-6-2-3-7-20(19)35(26(21)37)15-14-33-10-4-5-11-33)41-24(22)25(36)32-18-8-12-34(13-9-18)16-17-40-27(38)28(29,30)31/h2-7,10-11,18H,8-9,12-17H2,1H3,(H,32,36). The van der Waals surface area contributed by atoms with Gasteiger partial charge in [0.2, 0.25) is 0 Å². The number of likely N-dealkylation sites (tertiary alicyclic amines) is 1. The van der Waals surface area contributed by atoms with Crippen LogP contribution in [0.1, 0.15) is 22.5 Å². The molecule has 1 aliphatic rings. The van der Waals surface area contributed by atoms with Crippen molar-refractivity contribution in [1.82, 2.24) is 19.4 Å². The third-order valence-corrected chi connectivity index (χ3v) is 8.42. The van der Waals surface area contributed by atoms with E-state index in [1.807, 2.05) is 58.3 Å².